The van der Waals surface area contributed by atoms with Crippen LogP contribution in [0.4, 0.5) is 13.2 Å². The fourth-order valence-corrected chi connectivity index (χ4v) is 1.73. The third-order valence-corrected chi connectivity index (χ3v) is 2.81. The number of rotatable bonds is 4. The number of halogens is 3. The van der Waals surface area contributed by atoms with Gasteiger partial charge < -0.3 is 9.84 Å². The van der Waals surface area contributed by atoms with Gasteiger partial charge in [0.1, 0.15) is 18.2 Å². The van der Waals surface area contributed by atoms with Crippen molar-refractivity contribution in [1.29, 1.82) is 0 Å². The van der Waals surface area contributed by atoms with E-state index in [9.17, 15) is 18.3 Å². The lowest BCUT2D eigenvalue weighted by Crippen LogP contribution is -2.00. The van der Waals surface area contributed by atoms with Crippen molar-refractivity contribution in [2.75, 3.05) is 0 Å². The molecule has 2 aromatic rings. The van der Waals surface area contributed by atoms with Gasteiger partial charge in [-0.1, -0.05) is 6.07 Å². The van der Waals surface area contributed by atoms with E-state index in [0.717, 1.165) is 18.2 Å². The summed E-state index contributed by atoms with van der Waals surface area (Å²) in [6.45, 7) is 1.45. The van der Waals surface area contributed by atoms with E-state index in [1.807, 2.05) is 0 Å². The Hall–Kier alpha value is -2.01. The van der Waals surface area contributed by atoms with E-state index in [1.165, 1.54) is 25.1 Å². The Balaban J connectivity index is 2.07. The van der Waals surface area contributed by atoms with Crippen molar-refractivity contribution in [2.24, 2.45) is 0 Å². The Morgan fingerprint density at radius 3 is 2.35 bits per heavy atom. The lowest BCUT2D eigenvalue weighted by molar-refractivity contribution is 0.194. The highest BCUT2D eigenvalue weighted by Crippen LogP contribution is 2.22. The van der Waals surface area contributed by atoms with Crippen LogP contribution in [-0.2, 0) is 6.61 Å². The van der Waals surface area contributed by atoms with Gasteiger partial charge in [0, 0.05) is 11.6 Å². The summed E-state index contributed by atoms with van der Waals surface area (Å²) in [7, 11) is 0. The summed E-state index contributed by atoms with van der Waals surface area (Å²) < 4.78 is 44.6. The summed E-state index contributed by atoms with van der Waals surface area (Å²) in [6, 6.07) is 7.48. The van der Waals surface area contributed by atoms with Gasteiger partial charge in [-0.05, 0) is 36.8 Å². The van der Waals surface area contributed by atoms with Crippen LogP contribution in [-0.4, -0.2) is 5.11 Å². The highest BCUT2D eigenvalue weighted by molar-refractivity contribution is 5.30. The quantitative estimate of drug-likeness (QED) is 0.925. The molecule has 0 aliphatic heterocycles. The number of hydrogen-bond donors (Lipinski definition) is 1. The highest BCUT2D eigenvalue weighted by atomic mass is 19.2. The SMILES string of the molecule is CC(O)c1ccc(OCc2ccc(F)c(F)c2)cc1F. The second kappa shape index (κ2) is 5.96. The Kier molecular flexibility index (Phi) is 4.29. The summed E-state index contributed by atoms with van der Waals surface area (Å²) in [5, 5.41) is 9.30. The number of aliphatic hydroxyl groups is 1. The Bertz CT molecular complexity index is 612. The molecule has 1 unspecified atom stereocenters. The van der Waals surface area contributed by atoms with E-state index in [0.29, 0.717) is 5.56 Å². The van der Waals surface area contributed by atoms with Crippen molar-refractivity contribution >= 4 is 0 Å². The molecule has 5 heteroatoms. The minimum Gasteiger partial charge on any atom is -0.489 e. The fraction of sp³-hybridized carbons (Fsp3) is 0.200. The lowest BCUT2D eigenvalue weighted by atomic mass is 10.1. The van der Waals surface area contributed by atoms with Gasteiger partial charge in [-0.25, -0.2) is 13.2 Å². The van der Waals surface area contributed by atoms with E-state index in [-0.39, 0.29) is 17.9 Å². The molecule has 106 valence electrons. The first kappa shape index (κ1) is 14.4. The molecule has 0 aliphatic carbocycles. The summed E-state index contributed by atoms with van der Waals surface area (Å²) in [5.41, 5.74) is 0.606. The zero-order chi connectivity index (χ0) is 14.7. The maximum atomic E-state index is 13.6. The van der Waals surface area contributed by atoms with Crippen LogP contribution in [0, 0.1) is 17.5 Å². The molecule has 0 fully saturated rings. The van der Waals surface area contributed by atoms with Gasteiger partial charge in [-0.3, -0.25) is 0 Å². The smallest absolute Gasteiger partial charge is 0.159 e. The second-order valence-corrected chi connectivity index (χ2v) is 4.40. The molecule has 2 nitrogen and oxygen atoms in total. The molecule has 2 rings (SSSR count). The minimum absolute atomic E-state index is 0.00926. The van der Waals surface area contributed by atoms with Crippen LogP contribution in [0.25, 0.3) is 0 Å². The van der Waals surface area contributed by atoms with Gasteiger partial charge in [0.05, 0.1) is 6.10 Å². The molecule has 0 radical (unpaired) electrons. The molecular weight excluding hydrogens is 269 g/mol. The largest absolute Gasteiger partial charge is 0.489 e. The van der Waals surface area contributed by atoms with Gasteiger partial charge in [-0.15, -0.1) is 0 Å². The molecule has 0 aliphatic rings. The normalized spacial score (nSPS) is 12.2. The first-order valence-electron chi connectivity index (χ1n) is 6.01. The van der Waals surface area contributed by atoms with Crippen LogP contribution in [0.1, 0.15) is 24.2 Å². The minimum atomic E-state index is -0.957. The summed E-state index contributed by atoms with van der Waals surface area (Å²) in [4.78, 5) is 0. The van der Waals surface area contributed by atoms with E-state index < -0.39 is 23.6 Å². The van der Waals surface area contributed by atoms with Gasteiger partial charge in [0.2, 0.25) is 0 Å². The van der Waals surface area contributed by atoms with Crippen LogP contribution in [0.2, 0.25) is 0 Å². The van der Waals surface area contributed by atoms with Crippen molar-refractivity contribution in [1.82, 2.24) is 0 Å². The van der Waals surface area contributed by atoms with E-state index in [1.54, 1.807) is 0 Å². The fourth-order valence-electron chi connectivity index (χ4n) is 1.73. The first-order valence-corrected chi connectivity index (χ1v) is 6.01. The van der Waals surface area contributed by atoms with Gasteiger partial charge >= 0.3 is 0 Å². The third-order valence-electron chi connectivity index (χ3n) is 2.81. The molecule has 0 amide bonds. The van der Waals surface area contributed by atoms with Gasteiger partial charge in [0.15, 0.2) is 11.6 Å². The average molecular weight is 282 g/mol. The molecule has 0 aromatic heterocycles. The molecule has 0 saturated heterocycles. The summed E-state index contributed by atoms with van der Waals surface area (Å²) in [5.74, 6) is -2.22. The summed E-state index contributed by atoms with van der Waals surface area (Å²) in [6.07, 6.45) is -0.907. The maximum absolute atomic E-state index is 13.6. The zero-order valence-electron chi connectivity index (χ0n) is 10.7. The molecule has 0 bridgehead atoms. The van der Waals surface area contributed by atoms with Crippen LogP contribution < -0.4 is 4.74 Å². The molecule has 20 heavy (non-hydrogen) atoms. The molecule has 1 atom stereocenters. The molecule has 1 N–H and O–H groups in total. The Labute approximate surface area is 114 Å². The van der Waals surface area contributed by atoms with E-state index in [2.05, 4.69) is 0 Å². The Morgan fingerprint density at radius 2 is 1.75 bits per heavy atom. The van der Waals surface area contributed by atoms with Crippen LogP contribution >= 0.6 is 0 Å². The van der Waals surface area contributed by atoms with Crippen LogP contribution in [0.15, 0.2) is 36.4 Å². The standard InChI is InChI=1S/C15H13F3O2/c1-9(19)12-4-3-11(7-14(12)17)20-8-10-2-5-13(16)15(18)6-10/h2-7,9,19H,8H2,1H3. The van der Waals surface area contributed by atoms with Crippen molar-refractivity contribution < 1.29 is 23.0 Å². The van der Waals surface area contributed by atoms with Gasteiger partial charge in [0.25, 0.3) is 0 Å². The molecule has 0 saturated carbocycles. The van der Waals surface area contributed by atoms with E-state index in [4.69, 9.17) is 4.74 Å². The topological polar surface area (TPSA) is 29.5 Å². The zero-order valence-corrected chi connectivity index (χ0v) is 10.7. The number of hydrogen-bond acceptors (Lipinski definition) is 2. The molecule has 2 aromatic carbocycles. The number of benzene rings is 2. The van der Waals surface area contributed by atoms with E-state index >= 15 is 0 Å². The first-order chi connectivity index (χ1) is 9.47. The van der Waals surface area contributed by atoms with Gasteiger partial charge in [-0.2, -0.15) is 0 Å². The predicted molar refractivity (Wildman–Crippen MR) is 67.7 cm³/mol. The third kappa shape index (κ3) is 3.30. The predicted octanol–water partition coefficient (Wildman–Crippen LogP) is 3.74. The average Bonchev–Trinajstić information content (AvgIpc) is 2.40. The number of ether oxygens (including phenoxy) is 1. The molecular formula is C15H13F3O2. The van der Waals surface area contributed by atoms with Crippen molar-refractivity contribution in [3.8, 4) is 5.75 Å². The monoisotopic (exact) mass is 282 g/mol. The van der Waals surface area contributed by atoms with Crippen molar-refractivity contribution in [3.63, 3.8) is 0 Å². The molecule has 0 heterocycles. The lowest BCUT2D eigenvalue weighted by Gasteiger charge is -2.10. The number of aliphatic hydroxyl groups excluding tert-OH is 1. The Morgan fingerprint density at radius 1 is 1.00 bits per heavy atom. The van der Waals surface area contributed by atoms with Crippen molar-refractivity contribution in [2.45, 2.75) is 19.6 Å². The highest BCUT2D eigenvalue weighted by Gasteiger charge is 2.09. The molecule has 0 spiro atoms. The second-order valence-electron chi connectivity index (χ2n) is 4.40. The van der Waals surface area contributed by atoms with Crippen LogP contribution in [0.3, 0.4) is 0 Å². The maximum Gasteiger partial charge on any atom is 0.159 e. The van der Waals surface area contributed by atoms with Crippen molar-refractivity contribution in [3.05, 3.63) is 65.0 Å². The van der Waals surface area contributed by atoms with Crippen LogP contribution in [0.5, 0.6) is 5.75 Å². The summed E-state index contributed by atoms with van der Waals surface area (Å²) >= 11 is 0.